The van der Waals surface area contributed by atoms with Crippen molar-refractivity contribution in [3.8, 4) is 11.1 Å². The van der Waals surface area contributed by atoms with Crippen molar-refractivity contribution < 1.29 is 4.79 Å². The van der Waals surface area contributed by atoms with Gasteiger partial charge in [-0.1, -0.05) is 12.6 Å². The molecule has 0 unspecified atom stereocenters. The van der Waals surface area contributed by atoms with Crippen LogP contribution >= 0.6 is 0 Å². The van der Waals surface area contributed by atoms with Gasteiger partial charge in [0.25, 0.3) is 0 Å². The number of hydrogen-bond donors (Lipinski definition) is 2. The minimum absolute atomic E-state index is 0.236. The Hall–Kier alpha value is -2.56. The van der Waals surface area contributed by atoms with Crippen LogP contribution in [0.3, 0.4) is 0 Å². The lowest BCUT2D eigenvalue weighted by molar-refractivity contribution is -0.111. The van der Waals surface area contributed by atoms with E-state index in [4.69, 9.17) is 0 Å². The van der Waals surface area contributed by atoms with E-state index >= 15 is 0 Å². The highest BCUT2D eigenvalue weighted by atomic mass is 16.1. The zero-order valence-corrected chi connectivity index (χ0v) is 11.0. The fraction of sp³-hybridized carbons (Fsp3) is 0.143. The Labute approximate surface area is 111 Å². The molecule has 19 heavy (non-hydrogen) atoms. The van der Waals surface area contributed by atoms with Crippen LogP contribution < -0.4 is 10.6 Å². The molecule has 1 heterocycles. The van der Waals surface area contributed by atoms with Crippen molar-refractivity contribution in [3.63, 3.8) is 0 Å². The number of nitrogens with zero attached hydrogens (tertiary/aromatic N) is 2. The molecule has 1 aromatic carbocycles. The lowest BCUT2D eigenvalue weighted by atomic mass is 10.1. The summed E-state index contributed by atoms with van der Waals surface area (Å²) >= 11 is 0. The van der Waals surface area contributed by atoms with Crippen molar-refractivity contribution >= 4 is 17.3 Å². The second-order valence-corrected chi connectivity index (χ2v) is 4.11. The van der Waals surface area contributed by atoms with Crippen LogP contribution in [0.25, 0.3) is 11.1 Å². The zero-order valence-electron chi connectivity index (χ0n) is 11.0. The third-order valence-electron chi connectivity index (χ3n) is 2.77. The third kappa shape index (κ3) is 2.82. The Kier molecular flexibility index (Phi) is 3.66. The summed E-state index contributed by atoms with van der Waals surface area (Å²) in [5, 5.41) is 9.96. The Morgan fingerprint density at radius 1 is 1.37 bits per heavy atom. The van der Waals surface area contributed by atoms with Gasteiger partial charge < -0.3 is 10.6 Å². The molecule has 0 radical (unpaired) electrons. The molecule has 0 aliphatic rings. The van der Waals surface area contributed by atoms with Crippen molar-refractivity contribution in [2.24, 2.45) is 7.05 Å². The maximum Gasteiger partial charge on any atom is 0.247 e. The molecule has 0 aliphatic heterocycles. The Morgan fingerprint density at radius 3 is 2.74 bits per heavy atom. The summed E-state index contributed by atoms with van der Waals surface area (Å²) in [6.45, 7) is 3.45. The summed E-state index contributed by atoms with van der Waals surface area (Å²) in [4.78, 5) is 11.4. The molecule has 0 saturated carbocycles. The van der Waals surface area contributed by atoms with E-state index in [0.29, 0.717) is 5.69 Å². The molecular weight excluding hydrogens is 240 g/mol. The second kappa shape index (κ2) is 5.39. The summed E-state index contributed by atoms with van der Waals surface area (Å²) in [5.74, 6) is -0.236. The van der Waals surface area contributed by atoms with Gasteiger partial charge in [0.1, 0.15) is 0 Å². The van der Waals surface area contributed by atoms with Crippen LogP contribution in [0.4, 0.5) is 11.4 Å². The van der Waals surface area contributed by atoms with Crippen molar-refractivity contribution in [2.45, 2.75) is 0 Å². The second-order valence-electron chi connectivity index (χ2n) is 4.11. The lowest BCUT2D eigenvalue weighted by Crippen LogP contribution is -2.09. The van der Waals surface area contributed by atoms with Gasteiger partial charge in [0.05, 0.1) is 17.6 Å². The fourth-order valence-corrected chi connectivity index (χ4v) is 1.80. The summed E-state index contributed by atoms with van der Waals surface area (Å²) in [7, 11) is 3.68. The highest BCUT2D eigenvalue weighted by molar-refractivity contribution is 6.01. The van der Waals surface area contributed by atoms with E-state index in [2.05, 4.69) is 22.3 Å². The van der Waals surface area contributed by atoms with Crippen molar-refractivity contribution in [2.75, 3.05) is 17.7 Å². The van der Waals surface area contributed by atoms with Crippen LogP contribution in [0, 0.1) is 0 Å². The minimum atomic E-state index is -0.236. The van der Waals surface area contributed by atoms with Crippen molar-refractivity contribution in [3.05, 3.63) is 43.2 Å². The number of nitrogens with one attached hydrogen (secondary N) is 2. The highest BCUT2D eigenvalue weighted by Crippen LogP contribution is 2.28. The number of aryl methyl sites for hydroxylation is 1. The van der Waals surface area contributed by atoms with Gasteiger partial charge in [0.15, 0.2) is 0 Å². The van der Waals surface area contributed by atoms with Gasteiger partial charge in [0.2, 0.25) is 5.91 Å². The van der Waals surface area contributed by atoms with E-state index in [-0.39, 0.29) is 5.91 Å². The van der Waals surface area contributed by atoms with E-state index in [1.807, 2.05) is 38.5 Å². The van der Waals surface area contributed by atoms with Crippen LogP contribution in [0.15, 0.2) is 43.2 Å². The molecule has 98 valence electrons. The molecular formula is C14H16N4O. The van der Waals surface area contributed by atoms with E-state index in [0.717, 1.165) is 16.8 Å². The standard InChI is InChI=1S/C14H16N4O/c1-4-14(19)17-13-7-10(5-6-12(13)15-2)11-8-16-18(3)9-11/h4-9,15H,1H2,2-3H3,(H,17,19). The highest BCUT2D eigenvalue weighted by Gasteiger charge is 2.07. The van der Waals surface area contributed by atoms with Crippen LogP contribution in [0.1, 0.15) is 0 Å². The molecule has 0 aliphatic carbocycles. The number of carbonyl (C=O) groups excluding carboxylic acids is 1. The number of aromatic nitrogens is 2. The largest absolute Gasteiger partial charge is 0.386 e. The molecule has 0 atom stereocenters. The minimum Gasteiger partial charge on any atom is -0.386 e. The molecule has 0 bridgehead atoms. The molecule has 5 nitrogen and oxygen atoms in total. The first-order valence-corrected chi connectivity index (χ1v) is 5.88. The number of benzene rings is 1. The third-order valence-corrected chi connectivity index (χ3v) is 2.77. The monoisotopic (exact) mass is 256 g/mol. The summed E-state index contributed by atoms with van der Waals surface area (Å²) in [5.41, 5.74) is 3.56. The molecule has 5 heteroatoms. The first-order valence-electron chi connectivity index (χ1n) is 5.88. The predicted octanol–water partition coefficient (Wildman–Crippen LogP) is 2.25. The first-order chi connectivity index (χ1) is 9.13. The van der Waals surface area contributed by atoms with E-state index < -0.39 is 0 Å². The predicted molar refractivity (Wildman–Crippen MR) is 77.0 cm³/mol. The topological polar surface area (TPSA) is 59.0 Å². The van der Waals surface area contributed by atoms with Crippen LogP contribution in [0.5, 0.6) is 0 Å². The van der Waals surface area contributed by atoms with Crippen molar-refractivity contribution in [1.29, 1.82) is 0 Å². The number of anilines is 2. The molecule has 2 N–H and O–H groups in total. The molecule has 1 amide bonds. The maximum absolute atomic E-state index is 11.4. The Morgan fingerprint density at radius 2 is 2.16 bits per heavy atom. The van der Waals surface area contributed by atoms with E-state index in [9.17, 15) is 4.79 Å². The molecule has 2 aromatic rings. The van der Waals surface area contributed by atoms with Gasteiger partial charge in [-0.05, 0) is 23.8 Å². The van der Waals surface area contributed by atoms with Gasteiger partial charge in [-0.2, -0.15) is 5.10 Å². The Balaban J connectivity index is 2.40. The normalized spacial score (nSPS) is 10.0. The van der Waals surface area contributed by atoms with Gasteiger partial charge in [-0.3, -0.25) is 9.48 Å². The summed E-state index contributed by atoms with van der Waals surface area (Å²) in [6.07, 6.45) is 4.96. The van der Waals surface area contributed by atoms with Gasteiger partial charge in [-0.25, -0.2) is 0 Å². The Bertz CT molecular complexity index is 616. The summed E-state index contributed by atoms with van der Waals surface area (Å²) in [6, 6.07) is 5.80. The molecule has 0 fully saturated rings. The quantitative estimate of drug-likeness (QED) is 0.825. The lowest BCUT2D eigenvalue weighted by Gasteiger charge is -2.11. The smallest absolute Gasteiger partial charge is 0.247 e. The maximum atomic E-state index is 11.4. The fourth-order valence-electron chi connectivity index (χ4n) is 1.80. The number of rotatable bonds is 4. The SMILES string of the molecule is C=CC(=O)Nc1cc(-c2cnn(C)c2)ccc1NC. The van der Waals surface area contributed by atoms with E-state index in [1.54, 1.807) is 10.9 Å². The zero-order chi connectivity index (χ0) is 13.8. The molecule has 2 rings (SSSR count). The van der Waals surface area contributed by atoms with Crippen molar-refractivity contribution in [1.82, 2.24) is 9.78 Å². The molecule has 0 spiro atoms. The number of hydrogen-bond acceptors (Lipinski definition) is 3. The average molecular weight is 256 g/mol. The summed E-state index contributed by atoms with van der Waals surface area (Å²) < 4.78 is 1.74. The van der Waals surface area contributed by atoms with E-state index in [1.165, 1.54) is 6.08 Å². The average Bonchev–Trinajstić information content (AvgIpc) is 2.85. The first kappa shape index (κ1) is 12.9. The van der Waals surface area contributed by atoms with Gasteiger partial charge in [-0.15, -0.1) is 0 Å². The van der Waals surface area contributed by atoms with Crippen LogP contribution in [-0.2, 0) is 11.8 Å². The number of amides is 1. The van der Waals surface area contributed by atoms with Crippen LogP contribution in [-0.4, -0.2) is 22.7 Å². The molecule has 1 aromatic heterocycles. The van der Waals surface area contributed by atoms with Crippen LogP contribution in [0.2, 0.25) is 0 Å². The molecule has 0 saturated heterocycles. The van der Waals surface area contributed by atoms with Gasteiger partial charge >= 0.3 is 0 Å². The van der Waals surface area contributed by atoms with Gasteiger partial charge in [0, 0.05) is 25.9 Å². The number of carbonyl (C=O) groups is 1.